The summed E-state index contributed by atoms with van der Waals surface area (Å²) >= 11 is 0. The zero-order valence-electron chi connectivity index (χ0n) is 17.4. The van der Waals surface area contributed by atoms with Crippen molar-refractivity contribution in [3.8, 4) is 5.75 Å². The van der Waals surface area contributed by atoms with Gasteiger partial charge in [-0.05, 0) is 51.7 Å². The minimum absolute atomic E-state index is 0. The molecule has 7 heteroatoms. The molecule has 1 saturated heterocycles. The highest BCUT2D eigenvalue weighted by Crippen LogP contribution is 2.17. The maximum Gasteiger partial charge on any atom is 0.191 e. The Morgan fingerprint density at radius 2 is 2.14 bits per heavy atom. The van der Waals surface area contributed by atoms with Crippen LogP contribution >= 0.6 is 24.0 Å². The van der Waals surface area contributed by atoms with E-state index in [0.29, 0.717) is 19.3 Å². The van der Waals surface area contributed by atoms with Crippen LogP contribution in [0.5, 0.6) is 5.75 Å². The van der Waals surface area contributed by atoms with Crippen molar-refractivity contribution in [1.82, 2.24) is 10.6 Å². The Hall–Kier alpha value is -1.06. The van der Waals surface area contributed by atoms with Crippen LogP contribution in [0.2, 0.25) is 0 Å². The first-order valence-electron chi connectivity index (χ1n) is 10.1. The fourth-order valence-corrected chi connectivity index (χ4v) is 2.88. The molecule has 1 aliphatic heterocycles. The third kappa shape index (κ3) is 9.93. The number of aliphatic imine (C=N–C) groups is 1. The van der Waals surface area contributed by atoms with E-state index in [2.05, 4.69) is 35.5 Å². The van der Waals surface area contributed by atoms with Gasteiger partial charge in [-0.3, -0.25) is 0 Å². The first-order chi connectivity index (χ1) is 13.2. The number of rotatable bonds is 11. The standard InChI is InChI=1S/C21H35N3O3.HI/c1-4-22-21(23-12-8-13-25-16-19-10-7-14-26-19)24-15-18(3)27-20-11-6-5-9-17(20)2;/h5-6,9,11,18-19H,4,7-8,10,12-16H2,1-3H3,(H2,22,23,24);1H. The molecular formula is C21H36IN3O3. The highest BCUT2D eigenvalue weighted by Gasteiger charge is 2.14. The summed E-state index contributed by atoms with van der Waals surface area (Å²) in [4.78, 5) is 4.63. The van der Waals surface area contributed by atoms with E-state index in [-0.39, 0.29) is 30.1 Å². The monoisotopic (exact) mass is 505 g/mol. The Morgan fingerprint density at radius 1 is 1.32 bits per heavy atom. The summed E-state index contributed by atoms with van der Waals surface area (Å²) in [5.41, 5.74) is 1.14. The van der Waals surface area contributed by atoms with Gasteiger partial charge in [0.15, 0.2) is 5.96 Å². The minimum Gasteiger partial charge on any atom is -0.489 e. The molecule has 0 aliphatic carbocycles. The number of hydrogen-bond acceptors (Lipinski definition) is 4. The van der Waals surface area contributed by atoms with Crippen LogP contribution in [0.15, 0.2) is 29.3 Å². The fraction of sp³-hybridized carbons (Fsp3) is 0.667. The van der Waals surface area contributed by atoms with Gasteiger partial charge in [0.25, 0.3) is 0 Å². The topological polar surface area (TPSA) is 64.1 Å². The summed E-state index contributed by atoms with van der Waals surface area (Å²) in [7, 11) is 0. The number of benzene rings is 1. The zero-order valence-corrected chi connectivity index (χ0v) is 19.7. The molecule has 1 aromatic carbocycles. The zero-order chi connectivity index (χ0) is 19.3. The van der Waals surface area contributed by atoms with E-state index in [1.807, 2.05) is 25.1 Å². The smallest absolute Gasteiger partial charge is 0.191 e. The van der Waals surface area contributed by atoms with Crippen molar-refractivity contribution in [3.63, 3.8) is 0 Å². The van der Waals surface area contributed by atoms with Crippen molar-refractivity contribution in [3.05, 3.63) is 29.8 Å². The Bertz CT molecular complexity index is 566. The Labute approximate surface area is 186 Å². The van der Waals surface area contributed by atoms with Gasteiger partial charge in [-0.25, -0.2) is 4.99 Å². The van der Waals surface area contributed by atoms with E-state index in [9.17, 15) is 0 Å². The Kier molecular flexibility index (Phi) is 13.3. The molecule has 1 aliphatic rings. The third-order valence-corrected chi connectivity index (χ3v) is 4.36. The Morgan fingerprint density at radius 3 is 2.86 bits per heavy atom. The molecule has 1 heterocycles. The molecule has 0 amide bonds. The van der Waals surface area contributed by atoms with Gasteiger partial charge in [0.05, 0.1) is 19.3 Å². The molecule has 0 bridgehead atoms. The second kappa shape index (κ2) is 14.9. The van der Waals surface area contributed by atoms with Gasteiger partial charge in [-0.2, -0.15) is 0 Å². The predicted octanol–water partition coefficient (Wildman–Crippen LogP) is 3.52. The molecule has 0 aromatic heterocycles. The van der Waals surface area contributed by atoms with Crippen molar-refractivity contribution in [2.75, 3.05) is 39.5 Å². The normalized spacial score (nSPS) is 17.7. The van der Waals surface area contributed by atoms with E-state index < -0.39 is 0 Å². The molecule has 1 aromatic rings. The van der Waals surface area contributed by atoms with E-state index >= 15 is 0 Å². The lowest BCUT2D eigenvalue weighted by molar-refractivity contribution is 0.0168. The summed E-state index contributed by atoms with van der Waals surface area (Å²) < 4.78 is 17.2. The average molecular weight is 505 g/mol. The fourth-order valence-electron chi connectivity index (χ4n) is 2.88. The van der Waals surface area contributed by atoms with Gasteiger partial charge >= 0.3 is 0 Å². The summed E-state index contributed by atoms with van der Waals surface area (Å²) in [6.07, 6.45) is 3.53. The van der Waals surface area contributed by atoms with Crippen LogP contribution in [-0.4, -0.2) is 57.6 Å². The highest BCUT2D eigenvalue weighted by atomic mass is 127. The molecule has 0 radical (unpaired) electrons. The average Bonchev–Trinajstić information content (AvgIpc) is 3.18. The lowest BCUT2D eigenvalue weighted by atomic mass is 10.2. The molecule has 160 valence electrons. The predicted molar refractivity (Wildman–Crippen MR) is 125 cm³/mol. The Balaban J connectivity index is 0.00000392. The van der Waals surface area contributed by atoms with E-state index in [1.54, 1.807) is 0 Å². The number of guanidine groups is 1. The molecule has 28 heavy (non-hydrogen) atoms. The molecule has 2 atom stereocenters. The number of hydrogen-bond donors (Lipinski definition) is 2. The molecule has 2 unspecified atom stereocenters. The van der Waals surface area contributed by atoms with Gasteiger partial charge in [0, 0.05) is 26.3 Å². The van der Waals surface area contributed by atoms with Crippen molar-refractivity contribution >= 4 is 29.9 Å². The van der Waals surface area contributed by atoms with Crippen molar-refractivity contribution in [2.45, 2.75) is 52.2 Å². The van der Waals surface area contributed by atoms with Gasteiger partial charge in [0.2, 0.25) is 0 Å². The second-order valence-electron chi connectivity index (χ2n) is 6.90. The van der Waals surface area contributed by atoms with E-state index in [4.69, 9.17) is 14.2 Å². The van der Waals surface area contributed by atoms with Gasteiger partial charge in [-0.15, -0.1) is 24.0 Å². The molecule has 2 N–H and O–H groups in total. The number of nitrogens with one attached hydrogen (secondary N) is 2. The van der Waals surface area contributed by atoms with Crippen LogP contribution in [0.1, 0.15) is 38.7 Å². The SMILES string of the molecule is CCNC(=NCC(C)Oc1ccccc1C)NCCCOCC1CCCO1.I. The van der Waals surface area contributed by atoms with Crippen LogP contribution in [0.3, 0.4) is 0 Å². The quantitative estimate of drug-likeness (QED) is 0.209. The molecule has 0 saturated carbocycles. The summed E-state index contributed by atoms with van der Waals surface area (Å²) in [6, 6.07) is 8.06. The van der Waals surface area contributed by atoms with Crippen LogP contribution in [0.25, 0.3) is 0 Å². The number of halogens is 1. The maximum absolute atomic E-state index is 5.99. The van der Waals surface area contributed by atoms with Crippen molar-refractivity contribution in [1.29, 1.82) is 0 Å². The lowest BCUT2D eigenvalue weighted by Gasteiger charge is -2.16. The summed E-state index contributed by atoms with van der Waals surface area (Å²) in [5, 5.41) is 6.62. The van der Waals surface area contributed by atoms with E-state index in [1.165, 1.54) is 0 Å². The molecule has 1 fully saturated rings. The summed E-state index contributed by atoms with van der Waals surface area (Å²) in [5.74, 6) is 1.73. The number of nitrogens with zero attached hydrogens (tertiary/aromatic N) is 1. The first kappa shape index (κ1) is 25.0. The maximum atomic E-state index is 5.99. The number of ether oxygens (including phenoxy) is 3. The van der Waals surface area contributed by atoms with Crippen LogP contribution in [-0.2, 0) is 9.47 Å². The number of para-hydroxylation sites is 1. The van der Waals surface area contributed by atoms with Gasteiger partial charge in [0.1, 0.15) is 11.9 Å². The lowest BCUT2D eigenvalue weighted by Crippen LogP contribution is -2.38. The van der Waals surface area contributed by atoms with Gasteiger partial charge < -0.3 is 24.8 Å². The summed E-state index contributed by atoms with van der Waals surface area (Å²) in [6.45, 7) is 10.7. The van der Waals surface area contributed by atoms with Gasteiger partial charge in [-0.1, -0.05) is 18.2 Å². The van der Waals surface area contributed by atoms with Crippen molar-refractivity contribution < 1.29 is 14.2 Å². The molecular weight excluding hydrogens is 469 g/mol. The van der Waals surface area contributed by atoms with Crippen LogP contribution < -0.4 is 15.4 Å². The molecule has 2 rings (SSSR count). The third-order valence-electron chi connectivity index (χ3n) is 4.36. The molecule has 0 spiro atoms. The van der Waals surface area contributed by atoms with Crippen LogP contribution in [0.4, 0.5) is 0 Å². The largest absolute Gasteiger partial charge is 0.489 e. The highest BCUT2D eigenvalue weighted by molar-refractivity contribution is 14.0. The van der Waals surface area contributed by atoms with E-state index in [0.717, 1.165) is 62.8 Å². The molecule has 6 nitrogen and oxygen atoms in total. The van der Waals surface area contributed by atoms with Crippen molar-refractivity contribution in [2.24, 2.45) is 4.99 Å². The van der Waals surface area contributed by atoms with Crippen LogP contribution in [0, 0.1) is 6.92 Å². The number of aryl methyl sites for hydroxylation is 1. The first-order valence-corrected chi connectivity index (χ1v) is 10.1. The minimum atomic E-state index is 0. The second-order valence-corrected chi connectivity index (χ2v) is 6.90.